The summed E-state index contributed by atoms with van der Waals surface area (Å²) in [5.74, 6) is 0. The summed E-state index contributed by atoms with van der Waals surface area (Å²) in [4.78, 5) is 0. The van der Waals surface area contributed by atoms with Gasteiger partial charge in [-0.05, 0) is 0 Å². The zero-order valence-corrected chi connectivity index (χ0v) is 12.6. The fourth-order valence-electron chi connectivity index (χ4n) is 0. The monoisotopic (exact) mass is 644 g/mol. The summed E-state index contributed by atoms with van der Waals surface area (Å²) in [6, 6.07) is 0. The summed E-state index contributed by atoms with van der Waals surface area (Å²) < 4.78 is 94.8. The van der Waals surface area contributed by atoms with E-state index in [4.69, 9.17) is 52.6 Å². The minimum atomic E-state index is -4.67. The van der Waals surface area contributed by atoms with E-state index in [1.807, 2.05) is 0 Å². The van der Waals surface area contributed by atoms with Gasteiger partial charge in [0.15, 0.2) is 0 Å². The molecule has 0 spiro atoms. The SMILES string of the molecule is O=S(=O)(O)O.O=S(=O)(O)O.O=S(=O)(O)O.[Lu].[Lu]. The quantitative estimate of drug-likeness (QED) is 0.158. The van der Waals surface area contributed by atoms with Gasteiger partial charge < -0.3 is 0 Å². The Bertz CT molecular complexity index is 341. The molecular formula is H6Lu2O12S3. The molecule has 12 nitrogen and oxygen atoms in total. The molecule has 0 unspecified atom stereocenters. The van der Waals surface area contributed by atoms with Gasteiger partial charge in [0.25, 0.3) is 0 Å². The summed E-state index contributed by atoms with van der Waals surface area (Å²) in [5, 5.41) is 0. The van der Waals surface area contributed by atoms with Crippen molar-refractivity contribution in [3.05, 3.63) is 0 Å². The molecule has 17 heteroatoms. The third-order valence-corrected chi connectivity index (χ3v) is 0. The number of rotatable bonds is 0. The summed E-state index contributed by atoms with van der Waals surface area (Å²) in [6.07, 6.45) is 0. The first-order chi connectivity index (χ1) is 6.00. The Kier molecular flexibility index (Phi) is 24.2. The molecular weight excluding hydrogens is 638 g/mol. The van der Waals surface area contributed by atoms with Gasteiger partial charge in [0.2, 0.25) is 0 Å². The van der Waals surface area contributed by atoms with Crippen molar-refractivity contribution in [3.63, 3.8) is 0 Å². The van der Waals surface area contributed by atoms with Crippen LogP contribution in [-0.2, 0) is 31.2 Å². The van der Waals surface area contributed by atoms with Crippen LogP contribution in [0.2, 0.25) is 0 Å². The molecule has 0 aliphatic carbocycles. The number of hydrogen-bond donors (Lipinski definition) is 6. The maximum atomic E-state index is 8.74. The fraction of sp³-hybridized carbons (Fsp3) is 0. The van der Waals surface area contributed by atoms with Crippen LogP contribution >= 0.6 is 0 Å². The van der Waals surface area contributed by atoms with Crippen LogP contribution in [0.3, 0.4) is 0 Å². The van der Waals surface area contributed by atoms with Gasteiger partial charge in [-0.15, -0.1) is 0 Å². The van der Waals surface area contributed by atoms with Crippen LogP contribution in [0.4, 0.5) is 0 Å². The molecule has 0 aliphatic rings. The van der Waals surface area contributed by atoms with Crippen LogP contribution in [-0.4, -0.2) is 52.6 Å². The van der Waals surface area contributed by atoms with Crippen LogP contribution in [0.15, 0.2) is 0 Å². The fourth-order valence-corrected chi connectivity index (χ4v) is 0. The Morgan fingerprint density at radius 3 is 0.412 bits per heavy atom. The Morgan fingerprint density at radius 2 is 0.412 bits per heavy atom. The summed E-state index contributed by atoms with van der Waals surface area (Å²) in [7, 11) is -14.0. The largest absolute Gasteiger partial charge is 0.394 e. The van der Waals surface area contributed by atoms with Gasteiger partial charge in [-0.1, -0.05) is 0 Å². The Balaban J connectivity index is -0.0000000400. The van der Waals surface area contributed by atoms with Gasteiger partial charge in [-0.3, -0.25) is 27.3 Å². The van der Waals surface area contributed by atoms with Crippen molar-refractivity contribution in [1.82, 2.24) is 0 Å². The first-order valence-electron chi connectivity index (χ1n) is 2.10. The molecule has 0 atom stereocenters. The maximum absolute atomic E-state index is 8.74. The van der Waals surface area contributed by atoms with Gasteiger partial charge in [0, 0.05) is 73.7 Å². The van der Waals surface area contributed by atoms with Crippen LogP contribution in [0.5, 0.6) is 0 Å². The first-order valence-corrected chi connectivity index (χ1v) is 6.29. The van der Waals surface area contributed by atoms with Gasteiger partial charge in [0.1, 0.15) is 0 Å². The molecule has 0 heterocycles. The molecule has 0 amide bonds. The maximum Gasteiger partial charge on any atom is 0.394 e. The van der Waals surface area contributed by atoms with Crippen molar-refractivity contribution in [2.45, 2.75) is 0 Å². The van der Waals surface area contributed by atoms with E-state index >= 15 is 0 Å². The van der Waals surface area contributed by atoms with Crippen molar-refractivity contribution < 1.29 is 126 Å². The van der Waals surface area contributed by atoms with Crippen LogP contribution < -0.4 is 0 Å². The van der Waals surface area contributed by atoms with Gasteiger partial charge in [0.05, 0.1) is 0 Å². The molecule has 0 saturated carbocycles. The van der Waals surface area contributed by atoms with Crippen LogP contribution in [0, 0.1) is 73.7 Å². The van der Waals surface area contributed by atoms with Gasteiger partial charge >= 0.3 is 31.2 Å². The van der Waals surface area contributed by atoms with Gasteiger partial charge in [-0.2, -0.15) is 25.3 Å². The van der Waals surface area contributed by atoms with Crippen LogP contribution in [0.1, 0.15) is 0 Å². The minimum Gasteiger partial charge on any atom is -0.264 e. The van der Waals surface area contributed by atoms with Crippen molar-refractivity contribution >= 4 is 31.2 Å². The van der Waals surface area contributed by atoms with Crippen LogP contribution in [0.25, 0.3) is 0 Å². The van der Waals surface area contributed by atoms with E-state index in [-0.39, 0.29) is 73.7 Å². The predicted molar refractivity (Wildman–Crippen MR) is 42.5 cm³/mol. The van der Waals surface area contributed by atoms with E-state index in [0.717, 1.165) is 0 Å². The zero-order chi connectivity index (χ0) is 13.5. The average Bonchev–Trinajstić information content (AvgIpc) is 1.41. The van der Waals surface area contributed by atoms with E-state index in [2.05, 4.69) is 0 Å². The molecule has 126 valence electrons. The Hall–Kier alpha value is 2.08. The average molecular weight is 644 g/mol. The van der Waals surface area contributed by atoms with Crippen molar-refractivity contribution in [1.29, 1.82) is 0 Å². The number of hydrogen-bond acceptors (Lipinski definition) is 6. The summed E-state index contributed by atoms with van der Waals surface area (Å²) in [6.45, 7) is 0. The van der Waals surface area contributed by atoms with Crippen molar-refractivity contribution in [2.75, 3.05) is 0 Å². The zero-order valence-electron chi connectivity index (χ0n) is 6.87. The Morgan fingerprint density at radius 1 is 0.412 bits per heavy atom. The molecule has 0 aliphatic heterocycles. The van der Waals surface area contributed by atoms with Gasteiger partial charge in [-0.25, -0.2) is 0 Å². The standard InChI is InChI=1S/2Lu.3H2O4S/c;;3*1-5(2,3)4/h;;3*(H2,1,2,3,4). The first kappa shape index (κ1) is 31.5. The second-order valence-electron chi connectivity index (χ2n) is 1.34. The molecule has 0 rings (SSSR count). The molecule has 6 N–H and O–H groups in total. The van der Waals surface area contributed by atoms with E-state index < -0.39 is 31.2 Å². The molecule has 0 aromatic carbocycles. The summed E-state index contributed by atoms with van der Waals surface area (Å²) >= 11 is 0. The summed E-state index contributed by atoms with van der Waals surface area (Å²) in [5.41, 5.74) is 0. The van der Waals surface area contributed by atoms with Crippen molar-refractivity contribution in [3.8, 4) is 0 Å². The molecule has 0 fully saturated rings. The van der Waals surface area contributed by atoms with E-state index in [0.29, 0.717) is 0 Å². The minimum absolute atomic E-state index is 0. The second-order valence-corrected chi connectivity index (χ2v) is 4.03. The molecule has 2 radical (unpaired) electrons. The normalized spacial score (nSPS) is 10.2. The molecule has 0 bridgehead atoms. The Labute approximate surface area is 155 Å². The third kappa shape index (κ3) is 1080. The molecule has 0 saturated heterocycles. The van der Waals surface area contributed by atoms with E-state index in [9.17, 15) is 0 Å². The smallest absolute Gasteiger partial charge is 0.264 e. The topological polar surface area (TPSA) is 224 Å². The molecule has 0 aromatic rings. The van der Waals surface area contributed by atoms with E-state index in [1.54, 1.807) is 0 Å². The third-order valence-electron chi connectivity index (χ3n) is 0. The van der Waals surface area contributed by atoms with Crippen molar-refractivity contribution in [2.24, 2.45) is 0 Å². The molecule has 0 aromatic heterocycles. The molecule has 17 heavy (non-hydrogen) atoms. The van der Waals surface area contributed by atoms with E-state index in [1.165, 1.54) is 0 Å². The second kappa shape index (κ2) is 13.1. The predicted octanol–water partition coefficient (Wildman–Crippen LogP) is -1.96.